The maximum Gasteiger partial charge on any atom is 0.272 e. The van der Waals surface area contributed by atoms with Gasteiger partial charge in [-0.25, -0.2) is 8.42 Å². The van der Waals surface area contributed by atoms with Crippen molar-refractivity contribution in [1.82, 2.24) is 4.31 Å². The summed E-state index contributed by atoms with van der Waals surface area (Å²) >= 11 is 1.14. The Morgan fingerprint density at radius 2 is 1.81 bits per heavy atom. The summed E-state index contributed by atoms with van der Waals surface area (Å²) in [6.07, 6.45) is 1.56. The first-order valence-electron chi connectivity index (χ1n) is 7.98. The Hall–Kier alpha value is -2.38. The zero-order valence-electron chi connectivity index (χ0n) is 14.2. The quantitative estimate of drug-likeness (QED) is 0.737. The van der Waals surface area contributed by atoms with Gasteiger partial charge >= 0.3 is 0 Å². The molecule has 26 heavy (non-hydrogen) atoms. The second kappa shape index (κ2) is 7.47. The lowest BCUT2D eigenvalue weighted by molar-refractivity contribution is -0.122. The lowest BCUT2D eigenvalue weighted by atomic mass is 10.1. The van der Waals surface area contributed by atoms with Crippen LogP contribution in [0.2, 0.25) is 0 Å². The van der Waals surface area contributed by atoms with Gasteiger partial charge < -0.3 is 0 Å². The van der Waals surface area contributed by atoms with Crippen molar-refractivity contribution in [3.8, 4) is 0 Å². The van der Waals surface area contributed by atoms with Crippen molar-refractivity contribution in [1.29, 1.82) is 0 Å². The van der Waals surface area contributed by atoms with E-state index >= 15 is 0 Å². The van der Waals surface area contributed by atoms with Gasteiger partial charge in [-0.2, -0.15) is 4.31 Å². The molecule has 1 unspecified atom stereocenters. The largest absolute Gasteiger partial charge is 0.272 e. The predicted molar refractivity (Wildman–Crippen MR) is 104 cm³/mol. The summed E-state index contributed by atoms with van der Waals surface area (Å²) in [7, 11) is -4.03. The maximum atomic E-state index is 13.1. The van der Waals surface area contributed by atoms with E-state index in [1.54, 1.807) is 18.2 Å². The number of benzene rings is 2. The molecule has 1 saturated heterocycles. The molecule has 2 aromatic rings. The lowest BCUT2D eigenvalue weighted by Gasteiger charge is -2.17. The van der Waals surface area contributed by atoms with Crippen molar-refractivity contribution in [3.05, 3.63) is 78.4 Å². The van der Waals surface area contributed by atoms with Crippen LogP contribution in [0.15, 0.2) is 77.1 Å². The summed E-state index contributed by atoms with van der Waals surface area (Å²) in [4.78, 5) is 17.3. The molecule has 0 aromatic heterocycles. The predicted octanol–water partition coefficient (Wildman–Crippen LogP) is 3.54. The fourth-order valence-corrected chi connectivity index (χ4v) is 5.36. The van der Waals surface area contributed by atoms with E-state index in [9.17, 15) is 13.2 Å². The number of carbonyl (C=O) groups excluding carboxylic acids is 1. The highest BCUT2D eigenvalue weighted by molar-refractivity contribution is 8.16. The van der Waals surface area contributed by atoms with Crippen molar-refractivity contribution in [2.24, 2.45) is 4.99 Å². The zero-order chi connectivity index (χ0) is 18.7. The van der Waals surface area contributed by atoms with Crippen molar-refractivity contribution in [2.75, 3.05) is 6.54 Å². The van der Waals surface area contributed by atoms with Crippen LogP contribution >= 0.6 is 11.8 Å². The van der Waals surface area contributed by atoms with Gasteiger partial charge in [0.15, 0.2) is 5.17 Å². The number of aliphatic imine (C=N–C) groups is 1. The number of hydrogen-bond donors (Lipinski definition) is 0. The minimum atomic E-state index is -4.03. The van der Waals surface area contributed by atoms with Gasteiger partial charge in [0.2, 0.25) is 0 Å². The van der Waals surface area contributed by atoms with Crippen LogP contribution in [0.25, 0.3) is 0 Å². The minimum absolute atomic E-state index is 0.0667. The Kier molecular flexibility index (Phi) is 5.29. The first kappa shape index (κ1) is 18.4. The molecule has 1 aliphatic rings. The number of hydrogen-bond acceptors (Lipinski definition) is 5. The Bertz CT molecular complexity index is 952. The monoisotopic (exact) mass is 386 g/mol. The Balaban J connectivity index is 2.06. The fourth-order valence-electron chi connectivity index (χ4n) is 2.52. The fraction of sp³-hybridized carbons (Fsp3) is 0.158. The van der Waals surface area contributed by atoms with Crippen LogP contribution in [-0.4, -0.2) is 30.3 Å². The van der Waals surface area contributed by atoms with Crippen LogP contribution in [0.4, 0.5) is 0 Å². The molecule has 2 aromatic carbocycles. The highest BCUT2D eigenvalue weighted by atomic mass is 32.2. The normalized spacial score (nSPS) is 19.1. The molecule has 0 saturated carbocycles. The van der Waals surface area contributed by atoms with Crippen molar-refractivity contribution >= 4 is 32.9 Å². The SMILES string of the molecule is C=CCN=C1SC(c2ccccc2)C(=O)N1S(=O)(=O)c1ccc(C)cc1. The van der Waals surface area contributed by atoms with Crippen LogP contribution in [0.1, 0.15) is 16.4 Å². The van der Waals surface area contributed by atoms with Gasteiger partial charge in [-0.05, 0) is 24.6 Å². The van der Waals surface area contributed by atoms with E-state index in [4.69, 9.17) is 0 Å². The summed E-state index contributed by atoms with van der Waals surface area (Å²) in [6, 6.07) is 15.5. The molecule has 134 valence electrons. The zero-order valence-corrected chi connectivity index (χ0v) is 15.8. The third-order valence-corrected chi connectivity index (χ3v) is 6.89. The summed E-state index contributed by atoms with van der Waals surface area (Å²) in [6.45, 7) is 5.71. The minimum Gasteiger partial charge on any atom is -0.272 e. The molecule has 3 rings (SSSR count). The smallest absolute Gasteiger partial charge is 0.272 e. The molecule has 1 fully saturated rings. The van der Waals surface area contributed by atoms with Crippen molar-refractivity contribution in [3.63, 3.8) is 0 Å². The van der Waals surface area contributed by atoms with E-state index in [0.717, 1.165) is 27.2 Å². The summed E-state index contributed by atoms with van der Waals surface area (Å²) in [5.41, 5.74) is 1.68. The average Bonchev–Trinajstić information content (AvgIpc) is 2.98. The number of amidine groups is 1. The molecule has 0 spiro atoms. The van der Waals surface area contributed by atoms with Gasteiger partial charge in [0.1, 0.15) is 5.25 Å². The van der Waals surface area contributed by atoms with E-state index in [2.05, 4.69) is 11.6 Å². The van der Waals surface area contributed by atoms with E-state index < -0.39 is 21.2 Å². The molecule has 1 aliphatic heterocycles. The first-order valence-corrected chi connectivity index (χ1v) is 10.3. The van der Waals surface area contributed by atoms with Crippen LogP contribution in [0, 0.1) is 6.92 Å². The molecule has 1 atom stereocenters. The number of amides is 1. The molecular weight excluding hydrogens is 368 g/mol. The third kappa shape index (κ3) is 3.45. The highest BCUT2D eigenvalue weighted by Crippen LogP contribution is 2.42. The molecule has 1 heterocycles. The molecule has 0 radical (unpaired) electrons. The van der Waals surface area contributed by atoms with Gasteiger partial charge in [-0.15, -0.1) is 6.58 Å². The Labute approximate surface area is 157 Å². The van der Waals surface area contributed by atoms with Gasteiger partial charge in [-0.1, -0.05) is 65.9 Å². The molecule has 0 aliphatic carbocycles. The number of carbonyl (C=O) groups is 1. The molecular formula is C19H18N2O3S2. The van der Waals surface area contributed by atoms with Gasteiger partial charge in [0, 0.05) is 0 Å². The lowest BCUT2D eigenvalue weighted by Crippen LogP contribution is -2.36. The number of thioether (sulfide) groups is 1. The second-order valence-corrected chi connectivity index (χ2v) is 8.60. The second-order valence-electron chi connectivity index (χ2n) is 5.74. The van der Waals surface area contributed by atoms with E-state index in [1.807, 2.05) is 37.3 Å². The van der Waals surface area contributed by atoms with Crippen LogP contribution < -0.4 is 0 Å². The van der Waals surface area contributed by atoms with Crippen molar-refractivity contribution < 1.29 is 13.2 Å². The van der Waals surface area contributed by atoms with Gasteiger partial charge in [0.05, 0.1) is 11.4 Å². The molecule has 7 heteroatoms. The molecule has 1 amide bonds. The van der Waals surface area contributed by atoms with E-state index in [0.29, 0.717) is 0 Å². The number of nitrogens with zero attached hydrogens (tertiary/aromatic N) is 2. The van der Waals surface area contributed by atoms with E-state index in [-0.39, 0.29) is 16.6 Å². The van der Waals surface area contributed by atoms with E-state index in [1.165, 1.54) is 12.1 Å². The number of rotatable bonds is 5. The summed E-state index contributed by atoms with van der Waals surface area (Å²) in [5.74, 6) is -0.510. The summed E-state index contributed by atoms with van der Waals surface area (Å²) < 4.78 is 27.0. The Morgan fingerprint density at radius 1 is 1.15 bits per heavy atom. The Morgan fingerprint density at radius 3 is 2.42 bits per heavy atom. The topological polar surface area (TPSA) is 66.8 Å². The van der Waals surface area contributed by atoms with Crippen molar-refractivity contribution in [2.45, 2.75) is 17.1 Å². The van der Waals surface area contributed by atoms with Gasteiger partial charge in [0.25, 0.3) is 15.9 Å². The molecule has 0 N–H and O–H groups in total. The average molecular weight is 386 g/mol. The van der Waals surface area contributed by atoms with Crippen LogP contribution in [0.5, 0.6) is 0 Å². The number of aryl methyl sites for hydroxylation is 1. The highest BCUT2D eigenvalue weighted by Gasteiger charge is 2.46. The molecule has 5 nitrogen and oxygen atoms in total. The first-order chi connectivity index (χ1) is 12.4. The van der Waals surface area contributed by atoms with Crippen LogP contribution in [0.3, 0.4) is 0 Å². The summed E-state index contributed by atoms with van der Waals surface area (Å²) in [5, 5.41) is -0.468. The molecule has 0 bridgehead atoms. The van der Waals surface area contributed by atoms with Gasteiger partial charge in [-0.3, -0.25) is 9.79 Å². The third-order valence-electron chi connectivity index (χ3n) is 3.84. The number of sulfonamides is 1. The maximum absolute atomic E-state index is 13.1. The van der Waals surface area contributed by atoms with Crippen LogP contribution in [-0.2, 0) is 14.8 Å². The standard InChI is InChI=1S/C19H18N2O3S2/c1-3-13-20-19-21(26(23,24)16-11-9-14(2)10-12-16)18(22)17(25-19)15-7-5-4-6-8-15/h3-12,17H,1,13H2,2H3.